The highest BCUT2D eigenvalue weighted by Gasteiger charge is 2.17. The Bertz CT molecular complexity index is 3710. The molecular formula is C59H37N5. The van der Waals surface area contributed by atoms with Crippen LogP contribution >= 0.6 is 0 Å². The van der Waals surface area contributed by atoms with Crippen LogP contribution in [0.25, 0.3) is 111 Å². The van der Waals surface area contributed by atoms with E-state index in [0.29, 0.717) is 17.0 Å². The van der Waals surface area contributed by atoms with Crippen LogP contribution in [0.3, 0.4) is 0 Å². The van der Waals surface area contributed by atoms with Crippen LogP contribution < -0.4 is 0 Å². The molecule has 0 spiro atoms. The van der Waals surface area contributed by atoms with Gasteiger partial charge in [-0.05, 0) is 89.0 Å². The fraction of sp³-hybridized carbons (Fsp3) is 0. The fourth-order valence-electron chi connectivity index (χ4n) is 9.32. The van der Waals surface area contributed by atoms with E-state index in [4.69, 9.17) is 9.97 Å². The van der Waals surface area contributed by atoms with Crippen LogP contribution in [-0.2, 0) is 0 Å². The highest BCUT2D eigenvalue weighted by molar-refractivity contribution is 6.12. The van der Waals surface area contributed by atoms with Gasteiger partial charge in [-0.1, -0.05) is 158 Å². The first kappa shape index (κ1) is 37.0. The van der Waals surface area contributed by atoms with E-state index in [2.05, 4.69) is 179 Å². The van der Waals surface area contributed by atoms with Crippen molar-refractivity contribution in [1.29, 1.82) is 5.26 Å². The molecule has 5 heteroatoms. The van der Waals surface area contributed by atoms with Gasteiger partial charge >= 0.3 is 0 Å². The number of hydrogen-bond donors (Lipinski definition) is 0. The first-order valence-electron chi connectivity index (χ1n) is 21.5. The Balaban J connectivity index is 0.839. The maximum absolute atomic E-state index is 9.85. The van der Waals surface area contributed by atoms with Gasteiger partial charge in [0, 0.05) is 49.6 Å². The largest absolute Gasteiger partial charge is 0.309 e. The molecule has 0 fully saturated rings. The summed E-state index contributed by atoms with van der Waals surface area (Å²) in [7, 11) is 0. The van der Waals surface area contributed by atoms with Gasteiger partial charge in [0.05, 0.1) is 45.1 Å². The Hall–Kier alpha value is -8.85. The van der Waals surface area contributed by atoms with Crippen molar-refractivity contribution in [2.75, 3.05) is 0 Å². The molecule has 9 aromatic carbocycles. The predicted octanol–water partition coefficient (Wildman–Crippen LogP) is 14.9. The lowest BCUT2D eigenvalue weighted by atomic mass is 9.98. The standard InChI is InChI=1S/C59H37N5/c60-38-45-14-4-5-15-48(45)59-61-53(43-12-2-1-3-13-43)37-54(62-59)44-28-26-41(27-29-44)39-22-24-40(25-23-39)42-30-32-46(33-31-42)63-57-21-11-8-18-51(57)52-36-47(34-35-58(52)63)64-55-19-9-6-16-49(55)50-17-7-10-20-56(50)64/h1-37H. The van der Waals surface area contributed by atoms with Gasteiger partial charge < -0.3 is 9.13 Å². The maximum Gasteiger partial charge on any atom is 0.161 e. The molecule has 0 saturated heterocycles. The van der Waals surface area contributed by atoms with Crippen molar-refractivity contribution in [2.24, 2.45) is 0 Å². The molecular weight excluding hydrogens is 779 g/mol. The van der Waals surface area contributed by atoms with E-state index in [0.717, 1.165) is 56.1 Å². The molecule has 12 rings (SSSR count). The molecule has 64 heavy (non-hydrogen) atoms. The second kappa shape index (κ2) is 15.3. The Morgan fingerprint density at radius 3 is 1.30 bits per heavy atom. The molecule has 3 heterocycles. The summed E-state index contributed by atoms with van der Waals surface area (Å²) in [6.45, 7) is 0. The number of hydrogen-bond acceptors (Lipinski definition) is 3. The van der Waals surface area contributed by atoms with Crippen molar-refractivity contribution in [3.63, 3.8) is 0 Å². The molecule has 0 aliphatic carbocycles. The molecule has 0 aliphatic heterocycles. The Morgan fingerprint density at radius 2 is 0.734 bits per heavy atom. The number of benzene rings is 9. The Morgan fingerprint density at radius 1 is 0.328 bits per heavy atom. The molecule has 0 bridgehead atoms. The molecule has 298 valence electrons. The van der Waals surface area contributed by atoms with Gasteiger partial charge in [0.15, 0.2) is 5.82 Å². The van der Waals surface area contributed by atoms with E-state index < -0.39 is 0 Å². The molecule has 5 nitrogen and oxygen atoms in total. The van der Waals surface area contributed by atoms with Gasteiger partial charge in [0.2, 0.25) is 0 Å². The number of aromatic nitrogens is 4. The lowest BCUT2D eigenvalue weighted by Gasteiger charge is -2.12. The van der Waals surface area contributed by atoms with E-state index in [9.17, 15) is 5.26 Å². The molecule has 0 unspecified atom stereocenters. The molecule has 3 aromatic heterocycles. The van der Waals surface area contributed by atoms with Crippen LogP contribution in [0.5, 0.6) is 0 Å². The van der Waals surface area contributed by atoms with Crippen LogP contribution in [-0.4, -0.2) is 19.1 Å². The zero-order valence-corrected chi connectivity index (χ0v) is 34.6. The number of rotatable bonds is 7. The normalized spacial score (nSPS) is 11.4. The summed E-state index contributed by atoms with van der Waals surface area (Å²) in [6.07, 6.45) is 0. The smallest absolute Gasteiger partial charge is 0.161 e. The van der Waals surface area contributed by atoms with Crippen LogP contribution in [0.15, 0.2) is 224 Å². The summed E-state index contributed by atoms with van der Waals surface area (Å²) in [5.41, 5.74) is 16.4. The first-order valence-corrected chi connectivity index (χ1v) is 21.5. The quantitative estimate of drug-likeness (QED) is 0.161. The van der Waals surface area contributed by atoms with Crippen LogP contribution in [0.2, 0.25) is 0 Å². The summed E-state index contributed by atoms with van der Waals surface area (Å²) in [5, 5.41) is 14.8. The van der Waals surface area contributed by atoms with Crippen molar-refractivity contribution < 1.29 is 0 Å². The minimum atomic E-state index is 0.529. The number of nitrogens with zero attached hydrogens (tertiary/aromatic N) is 5. The summed E-state index contributed by atoms with van der Waals surface area (Å²) in [6, 6.07) is 81.0. The highest BCUT2D eigenvalue weighted by Crippen LogP contribution is 2.38. The van der Waals surface area contributed by atoms with Crippen molar-refractivity contribution in [1.82, 2.24) is 19.1 Å². The summed E-state index contributed by atoms with van der Waals surface area (Å²) >= 11 is 0. The first-order chi connectivity index (χ1) is 31.7. The van der Waals surface area contributed by atoms with Gasteiger partial charge in [-0.2, -0.15) is 5.26 Å². The second-order valence-electron chi connectivity index (χ2n) is 16.1. The number of nitriles is 1. The molecule has 0 atom stereocenters. The van der Waals surface area contributed by atoms with Gasteiger partial charge in [-0.15, -0.1) is 0 Å². The zero-order chi connectivity index (χ0) is 42.6. The van der Waals surface area contributed by atoms with E-state index in [-0.39, 0.29) is 0 Å². The average Bonchev–Trinajstić information content (AvgIpc) is 3.89. The summed E-state index contributed by atoms with van der Waals surface area (Å²) in [5.74, 6) is 0.529. The molecule has 0 amide bonds. The number of fused-ring (bicyclic) bond motifs is 6. The van der Waals surface area contributed by atoms with Crippen LogP contribution in [0, 0.1) is 11.3 Å². The van der Waals surface area contributed by atoms with E-state index in [1.807, 2.05) is 54.6 Å². The van der Waals surface area contributed by atoms with Crippen molar-refractivity contribution in [2.45, 2.75) is 0 Å². The van der Waals surface area contributed by atoms with Crippen molar-refractivity contribution in [3.05, 3.63) is 230 Å². The lowest BCUT2D eigenvalue weighted by molar-refractivity contribution is 1.17. The van der Waals surface area contributed by atoms with Crippen molar-refractivity contribution in [3.8, 4) is 73.6 Å². The lowest BCUT2D eigenvalue weighted by Crippen LogP contribution is -1.97. The third kappa shape index (κ3) is 6.24. The van der Waals surface area contributed by atoms with Crippen LogP contribution in [0.1, 0.15) is 5.56 Å². The van der Waals surface area contributed by atoms with E-state index >= 15 is 0 Å². The van der Waals surface area contributed by atoms with E-state index in [1.165, 1.54) is 43.6 Å². The Kier molecular flexibility index (Phi) is 8.81. The molecule has 0 aliphatic rings. The predicted molar refractivity (Wildman–Crippen MR) is 263 cm³/mol. The average molecular weight is 816 g/mol. The number of para-hydroxylation sites is 3. The highest BCUT2D eigenvalue weighted by atomic mass is 15.0. The summed E-state index contributed by atoms with van der Waals surface area (Å²) < 4.78 is 4.77. The third-order valence-electron chi connectivity index (χ3n) is 12.4. The van der Waals surface area contributed by atoms with Gasteiger partial charge in [-0.25, -0.2) is 9.97 Å². The van der Waals surface area contributed by atoms with Crippen LogP contribution in [0.4, 0.5) is 0 Å². The fourth-order valence-corrected chi connectivity index (χ4v) is 9.32. The molecule has 0 radical (unpaired) electrons. The van der Waals surface area contributed by atoms with Gasteiger partial charge in [-0.3, -0.25) is 0 Å². The monoisotopic (exact) mass is 815 g/mol. The molecule has 0 saturated carbocycles. The van der Waals surface area contributed by atoms with Gasteiger partial charge in [0.25, 0.3) is 0 Å². The SMILES string of the molecule is N#Cc1ccccc1-c1nc(-c2ccccc2)cc(-c2ccc(-c3ccc(-c4ccc(-n5c6ccccc6c6cc(-n7c8ccccc8c8ccccc87)ccc65)cc4)cc3)cc2)n1. The topological polar surface area (TPSA) is 59.4 Å². The minimum Gasteiger partial charge on any atom is -0.309 e. The van der Waals surface area contributed by atoms with E-state index in [1.54, 1.807) is 6.07 Å². The van der Waals surface area contributed by atoms with Crippen molar-refractivity contribution >= 4 is 43.6 Å². The third-order valence-corrected chi connectivity index (χ3v) is 12.4. The zero-order valence-electron chi connectivity index (χ0n) is 34.6. The summed E-state index contributed by atoms with van der Waals surface area (Å²) in [4.78, 5) is 9.88. The minimum absolute atomic E-state index is 0.529. The maximum atomic E-state index is 9.85. The molecule has 0 N–H and O–H groups in total. The Labute approximate surface area is 370 Å². The second-order valence-corrected chi connectivity index (χ2v) is 16.1. The molecule has 12 aromatic rings. The van der Waals surface area contributed by atoms with Gasteiger partial charge in [0.1, 0.15) is 0 Å².